The van der Waals surface area contributed by atoms with Crippen LogP contribution >= 0.6 is 0 Å². The van der Waals surface area contributed by atoms with Gasteiger partial charge in [0.05, 0.1) is 5.60 Å². The second-order valence-corrected chi connectivity index (χ2v) is 6.19. The third kappa shape index (κ3) is 4.34. The standard InChI is InChI=1S/C11H17NO6S/c1-3-6-11(2,15)7-12-19(16,17)9-5-4-8(18-9)10(13)14/h4-5,12,15H,3,6-7H2,1-2H3,(H,13,14). The molecule has 1 unspecified atom stereocenters. The molecule has 1 aromatic rings. The van der Waals surface area contributed by atoms with E-state index in [1.807, 2.05) is 6.92 Å². The first-order valence-electron chi connectivity index (χ1n) is 5.73. The molecule has 0 aliphatic carbocycles. The molecule has 0 saturated heterocycles. The highest BCUT2D eigenvalue weighted by molar-refractivity contribution is 7.89. The Hall–Kier alpha value is -1.38. The van der Waals surface area contributed by atoms with Crippen LogP contribution in [0.4, 0.5) is 0 Å². The maximum atomic E-state index is 11.8. The van der Waals surface area contributed by atoms with Crippen molar-refractivity contribution in [2.24, 2.45) is 0 Å². The summed E-state index contributed by atoms with van der Waals surface area (Å²) in [6, 6.07) is 2.11. The molecule has 1 atom stereocenters. The van der Waals surface area contributed by atoms with E-state index < -0.39 is 32.4 Å². The summed E-state index contributed by atoms with van der Waals surface area (Å²) in [5, 5.41) is 18.0. The molecule has 0 aromatic carbocycles. The normalized spacial score (nSPS) is 15.1. The molecular formula is C11H17NO6S. The lowest BCUT2D eigenvalue weighted by molar-refractivity contribution is 0.0552. The monoisotopic (exact) mass is 291 g/mol. The van der Waals surface area contributed by atoms with Gasteiger partial charge in [-0.3, -0.25) is 0 Å². The topological polar surface area (TPSA) is 117 Å². The van der Waals surface area contributed by atoms with Crippen LogP contribution in [-0.2, 0) is 10.0 Å². The van der Waals surface area contributed by atoms with Gasteiger partial charge in [-0.1, -0.05) is 13.3 Å². The molecule has 0 radical (unpaired) electrons. The lowest BCUT2D eigenvalue weighted by Crippen LogP contribution is -2.40. The number of rotatable bonds is 7. The van der Waals surface area contributed by atoms with Crippen LogP contribution in [0.25, 0.3) is 0 Å². The Morgan fingerprint density at radius 1 is 1.47 bits per heavy atom. The summed E-state index contributed by atoms with van der Waals surface area (Å²) in [4.78, 5) is 10.6. The van der Waals surface area contributed by atoms with Gasteiger partial charge in [-0.25, -0.2) is 17.9 Å². The van der Waals surface area contributed by atoms with Crippen molar-refractivity contribution >= 4 is 16.0 Å². The van der Waals surface area contributed by atoms with Gasteiger partial charge >= 0.3 is 5.97 Å². The molecule has 0 aliphatic heterocycles. The number of furan rings is 1. The molecule has 0 amide bonds. The van der Waals surface area contributed by atoms with E-state index in [1.165, 1.54) is 6.92 Å². The Balaban J connectivity index is 2.78. The van der Waals surface area contributed by atoms with Gasteiger partial charge in [0.15, 0.2) is 0 Å². The van der Waals surface area contributed by atoms with Crippen molar-refractivity contribution < 1.29 is 27.8 Å². The van der Waals surface area contributed by atoms with E-state index in [0.717, 1.165) is 12.1 Å². The van der Waals surface area contributed by atoms with Crippen LogP contribution in [-0.4, -0.2) is 36.7 Å². The number of aromatic carboxylic acids is 1. The zero-order chi connectivity index (χ0) is 14.7. The number of aliphatic hydroxyl groups is 1. The van der Waals surface area contributed by atoms with Crippen LogP contribution in [0, 0.1) is 0 Å². The van der Waals surface area contributed by atoms with Gasteiger partial charge in [0.25, 0.3) is 10.0 Å². The smallest absolute Gasteiger partial charge is 0.371 e. The summed E-state index contributed by atoms with van der Waals surface area (Å²) in [6.45, 7) is 3.21. The van der Waals surface area contributed by atoms with Gasteiger partial charge in [0.1, 0.15) is 0 Å². The van der Waals surface area contributed by atoms with E-state index in [4.69, 9.17) is 9.52 Å². The predicted octanol–water partition coefficient (Wildman–Crippen LogP) is 0.807. The summed E-state index contributed by atoms with van der Waals surface area (Å²) in [6.07, 6.45) is 1.15. The lowest BCUT2D eigenvalue weighted by Gasteiger charge is -2.22. The van der Waals surface area contributed by atoms with E-state index in [1.54, 1.807) is 0 Å². The fourth-order valence-corrected chi connectivity index (χ4v) is 2.62. The Bertz CT molecular complexity index is 545. The van der Waals surface area contributed by atoms with Crippen molar-refractivity contribution in [3.05, 3.63) is 17.9 Å². The summed E-state index contributed by atoms with van der Waals surface area (Å²) in [5.41, 5.74) is -1.16. The summed E-state index contributed by atoms with van der Waals surface area (Å²) < 4.78 is 30.5. The van der Waals surface area contributed by atoms with Gasteiger partial charge in [0, 0.05) is 6.54 Å². The van der Waals surface area contributed by atoms with Crippen LogP contribution in [0.2, 0.25) is 0 Å². The Morgan fingerprint density at radius 2 is 2.11 bits per heavy atom. The highest BCUT2D eigenvalue weighted by Crippen LogP contribution is 2.16. The molecule has 0 aliphatic rings. The van der Waals surface area contributed by atoms with Crippen molar-refractivity contribution in [3.63, 3.8) is 0 Å². The van der Waals surface area contributed by atoms with Crippen LogP contribution in [0.15, 0.2) is 21.6 Å². The fraction of sp³-hybridized carbons (Fsp3) is 0.545. The van der Waals surface area contributed by atoms with Crippen molar-refractivity contribution in [3.8, 4) is 0 Å². The zero-order valence-corrected chi connectivity index (χ0v) is 11.5. The molecule has 0 bridgehead atoms. The first kappa shape index (κ1) is 15.7. The molecule has 1 heterocycles. The molecule has 0 saturated carbocycles. The van der Waals surface area contributed by atoms with E-state index in [-0.39, 0.29) is 6.54 Å². The molecule has 1 rings (SSSR count). The highest BCUT2D eigenvalue weighted by Gasteiger charge is 2.26. The largest absolute Gasteiger partial charge is 0.475 e. The van der Waals surface area contributed by atoms with E-state index in [9.17, 15) is 18.3 Å². The van der Waals surface area contributed by atoms with Crippen LogP contribution in [0.3, 0.4) is 0 Å². The van der Waals surface area contributed by atoms with Crippen molar-refractivity contribution in [2.75, 3.05) is 6.54 Å². The average molecular weight is 291 g/mol. The van der Waals surface area contributed by atoms with Crippen molar-refractivity contribution in [2.45, 2.75) is 37.4 Å². The quantitative estimate of drug-likeness (QED) is 0.684. The first-order valence-corrected chi connectivity index (χ1v) is 7.21. The van der Waals surface area contributed by atoms with Gasteiger partial charge in [-0.05, 0) is 25.5 Å². The molecule has 3 N–H and O–H groups in total. The van der Waals surface area contributed by atoms with Crippen molar-refractivity contribution in [1.82, 2.24) is 4.72 Å². The van der Waals surface area contributed by atoms with Crippen molar-refractivity contribution in [1.29, 1.82) is 0 Å². The lowest BCUT2D eigenvalue weighted by atomic mass is 10.0. The van der Waals surface area contributed by atoms with Gasteiger partial charge in [0.2, 0.25) is 10.9 Å². The zero-order valence-electron chi connectivity index (χ0n) is 10.7. The van der Waals surface area contributed by atoms with Gasteiger partial charge in [-0.15, -0.1) is 0 Å². The summed E-state index contributed by atoms with van der Waals surface area (Å²) in [7, 11) is -3.96. The first-order chi connectivity index (χ1) is 8.68. The van der Waals surface area contributed by atoms with Gasteiger partial charge < -0.3 is 14.6 Å². The Morgan fingerprint density at radius 3 is 2.58 bits per heavy atom. The molecule has 108 valence electrons. The molecule has 7 nitrogen and oxygen atoms in total. The van der Waals surface area contributed by atoms with E-state index in [0.29, 0.717) is 12.8 Å². The fourth-order valence-electron chi connectivity index (χ4n) is 1.53. The number of carboxylic acids is 1. The maximum absolute atomic E-state index is 11.8. The number of hydrogen-bond donors (Lipinski definition) is 3. The number of nitrogens with one attached hydrogen (secondary N) is 1. The molecular weight excluding hydrogens is 274 g/mol. The molecule has 0 spiro atoms. The maximum Gasteiger partial charge on any atom is 0.371 e. The number of sulfonamides is 1. The Labute approximate surface area is 111 Å². The summed E-state index contributed by atoms with van der Waals surface area (Å²) >= 11 is 0. The van der Waals surface area contributed by atoms with Crippen LogP contribution < -0.4 is 4.72 Å². The minimum atomic E-state index is -3.96. The average Bonchev–Trinajstić information content (AvgIpc) is 2.77. The predicted molar refractivity (Wildman–Crippen MR) is 66.4 cm³/mol. The number of hydrogen-bond acceptors (Lipinski definition) is 5. The van der Waals surface area contributed by atoms with E-state index in [2.05, 4.69) is 4.72 Å². The third-order valence-electron chi connectivity index (χ3n) is 2.49. The Kier molecular flexibility index (Phi) is 4.72. The minimum Gasteiger partial charge on any atom is -0.475 e. The second kappa shape index (κ2) is 5.72. The number of carbonyl (C=O) groups is 1. The minimum absolute atomic E-state index is 0.174. The van der Waals surface area contributed by atoms with Crippen LogP contribution in [0.1, 0.15) is 37.2 Å². The second-order valence-electron chi connectivity index (χ2n) is 4.50. The summed E-state index contributed by atoms with van der Waals surface area (Å²) in [5.74, 6) is -1.81. The number of carboxylic acid groups (broad SMARTS) is 1. The highest BCUT2D eigenvalue weighted by atomic mass is 32.2. The molecule has 0 fully saturated rings. The molecule has 8 heteroatoms. The van der Waals surface area contributed by atoms with E-state index >= 15 is 0 Å². The third-order valence-corrected chi connectivity index (χ3v) is 3.76. The molecule has 1 aromatic heterocycles. The SMILES string of the molecule is CCCC(C)(O)CNS(=O)(=O)c1ccc(C(=O)O)o1. The van der Waals surface area contributed by atoms with Crippen LogP contribution in [0.5, 0.6) is 0 Å². The van der Waals surface area contributed by atoms with Gasteiger partial charge in [-0.2, -0.15) is 0 Å². The molecule has 19 heavy (non-hydrogen) atoms.